The molecular weight excluding hydrogens is 252 g/mol. The van der Waals surface area contributed by atoms with E-state index in [0.29, 0.717) is 18.0 Å². The van der Waals surface area contributed by atoms with Crippen molar-refractivity contribution in [2.45, 2.75) is 40.0 Å². The quantitative estimate of drug-likeness (QED) is 0.638. The molecule has 0 radical (unpaired) electrons. The van der Waals surface area contributed by atoms with Crippen molar-refractivity contribution >= 4 is 17.4 Å². The highest BCUT2D eigenvalue weighted by molar-refractivity contribution is 5.75. The molecule has 5 nitrogen and oxygen atoms in total. The maximum absolute atomic E-state index is 11.4. The van der Waals surface area contributed by atoms with Crippen LogP contribution in [0.3, 0.4) is 0 Å². The standard InChI is InChI=1S/C15H26N4O/c1-11(2)8-14(20)17-6-4-5-7-18-15-12(3)9-13(16)10-19-15/h9-11H,4-8,16H2,1-3H3,(H,17,20)(H,18,19). The number of pyridine rings is 1. The maximum Gasteiger partial charge on any atom is 0.220 e. The van der Waals surface area contributed by atoms with Gasteiger partial charge in [0, 0.05) is 19.5 Å². The first-order chi connectivity index (χ1) is 9.49. The number of carbonyl (C=O) groups excluding carboxylic acids is 1. The number of carbonyl (C=O) groups is 1. The lowest BCUT2D eigenvalue weighted by molar-refractivity contribution is -0.121. The summed E-state index contributed by atoms with van der Waals surface area (Å²) in [4.78, 5) is 15.7. The predicted molar refractivity (Wildman–Crippen MR) is 83.6 cm³/mol. The molecule has 112 valence electrons. The lowest BCUT2D eigenvalue weighted by atomic mass is 10.1. The lowest BCUT2D eigenvalue weighted by Gasteiger charge is -2.09. The van der Waals surface area contributed by atoms with Gasteiger partial charge in [-0.05, 0) is 37.3 Å². The normalized spacial score (nSPS) is 10.6. The van der Waals surface area contributed by atoms with E-state index in [1.807, 2.05) is 26.8 Å². The third-order valence-electron chi connectivity index (χ3n) is 2.91. The minimum Gasteiger partial charge on any atom is -0.397 e. The van der Waals surface area contributed by atoms with Crippen molar-refractivity contribution in [3.63, 3.8) is 0 Å². The number of anilines is 2. The molecule has 0 saturated heterocycles. The van der Waals surface area contributed by atoms with E-state index in [-0.39, 0.29) is 5.91 Å². The smallest absolute Gasteiger partial charge is 0.220 e. The molecule has 1 heterocycles. The molecule has 1 aromatic rings. The van der Waals surface area contributed by atoms with Gasteiger partial charge < -0.3 is 16.4 Å². The topological polar surface area (TPSA) is 80.0 Å². The van der Waals surface area contributed by atoms with Crippen LogP contribution in [0.5, 0.6) is 0 Å². The Morgan fingerprint density at radius 1 is 1.35 bits per heavy atom. The average molecular weight is 278 g/mol. The largest absolute Gasteiger partial charge is 0.397 e. The van der Waals surface area contributed by atoms with Gasteiger partial charge in [0.2, 0.25) is 5.91 Å². The van der Waals surface area contributed by atoms with Crippen LogP contribution >= 0.6 is 0 Å². The van der Waals surface area contributed by atoms with E-state index in [9.17, 15) is 4.79 Å². The zero-order valence-corrected chi connectivity index (χ0v) is 12.7. The molecule has 0 aliphatic carbocycles. The third kappa shape index (κ3) is 6.41. The summed E-state index contributed by atoms with van der Waals surface area (Å²) in [6.45, 7) is 7.66. The molecule has 0 unspecified atom stereocenters. The summed E-state index contributed by atoms with van der Waals surface area (Å²) in [5.41, 5.74) is 7.39. The fraction of sp³-hybridized carbons (Fsp3) is 0.600. The van der Waals surface area contributed by atoms with Gasteiger partial charge in [-0.25, -0.2) is 4.98 Å². The van der Waals surface area contributed by atoms with E-state index in [2.05, 4.69) is 15.6 Å². The summed E-state index contributed by atoms with van der Waals surface area (Å²) in [6, 6.07) is 1.90. The Balaban J connectivity index is 2.12. The second-order valence-electron chi connectivity index (χ2n) is 5.52. The number of rotatable bonds is 8. The first-order valence-corrected chi connectivity index (χ1v) is 7.21. The van der Waals surface area contributed by atoms with Gasteiger partial charge in [0.05, 0.1) is 11.9 Å². The second kappa shape index (κ2) is 8.40. The number of aryl methyl sites for hydroxylation is 1. The van der Waals surface area contributed by atoms with Crippen LogP contribution in [0.15, 0.2) is 12.3 Å². The van der Waals surface area contributed by atoms with Crippen LogP contribution < -0.4 is 16.4 Å². The number of nitrogens with two attached hydrogens (primary N) is 1. The van der Waals surface area contributed by atoms with Gasteiger partial charge in [0.25, 0.3) is 0 Å². The van der Waals surface area contributed by atoms with E-state index in [1.54, 1.807) is 6.20 Å². The SMILES string of the molecule is Cc1cc(N)cnc1NCCCCNC(=O)CC(C)C. The number of nitrogen functional groups attached to an aromatic ring is 1. The summed E-state index contributed by atoms with van der Waals surface area (Å²) in [7, 11) is 0. The number of unbranched alkanes of at least 4 members (excludes halogenated alkanes) is 1. The number of amides is 1. The van der Waals surface area contributed by atoms with Gasteiger partial charge in [0.1, 0.15) is 5.82 Å². The number of hydrogen-bond acceptors (Lipinski definition) is 4. The van der Waals surface area contributed by atoms with Crippen LogP contribution in [-0.4, -0.2) is 24.0 Å². The van der Waals surface area contributed by atoms with Crippen LogP contribution in [0.4, 0.5) is 11.5 Å². The van der Waals surface area contributed by atoms with E-state index in [1.165, 1.54) is 0 Å². The summed E-state index contributed by atoms with van der Waals surface area (Å²) >= 11 is 0. The highest BCUT2D eigenvalue weighted by atomic mass is 16.1. The molecule has 0 aliphatic rings. The number of hydrogen-bond donors (Lipinski definition) is 3. The fourth-order valence-corrected chi connectivity index (χ4v) is 1.91. The summed E-state index contributed by atoms with van der Waals surface area (Å²) in [5.74, 6) is 1.43. The molecule has 0 atom stereocenters. The minimum atomic E-state index is 0.143. The van der Waals surface area contributed by atoms with Gasteiger partial charge >= 0.3 is 0 Å². The van der Waals surface area contributed by atoms with Crippen LogP contribution in [0.1, 0.15) is 38.7 Å². The molecule has 4 N–H and O–H groups in total. The van der Waals surface area contributed by atoms with Crippen molar-refractivity contribution in [1.82, 2.24) is 10.3 Å². The fourth-order valence-electron chi connectivity index (χ4n) is 1.91. The molecule has 0 spiro atoms. The Morgan fingerprint density at radius 3 is 2.70 bits per heavy atom. The number of nitrogens with one attached hydrogen (secondary N) is 2. The molecule has 5 heteroatoms. The van der Waals surface area contributed by atoms with E-state index < -0.39 is 0 Å². The summed E-state index contributed by atoms with van der Waals surface area (Å²) in [5, 5.41) is 6.21. The number of aromatic nitrogens is 1. The second-order valence-corrected chi connectivity index (χ2v) is 5.52. The van der Waals surface area contributed by atoms with Crippen molar-refractivity contribution in [1.29, 1.82) is 0 Å². The molecule has 0 aliphatic heterocycles. The van der Waals surface area contributed by atoms with Gasteiger partial charge in [-0.1, -0.05) is 13.8 Å². The van der Waals surface area contributed by atoms with Crippen LogP contribution in [-0.2, 0) is 4.79 Å². The lowest BCUT2D eigenvalue weighted by Crippen LogP contribution is -2.25. The van der Waals surface area contributed by atoms with E-state index in [4.69, 9.17) is 5.73 Å². The van der Waals surface area contributed by atoms with E-state index >= 15 is 0 Å². The Labute approximate surface area is 121 Å². The first-order valence-electron chi connectivity index (χ1n) is 7.21. The molecule has 1 aromatic heterocycles. The van der Waals surface area contributed by atoms with Crippen molar-refractivity contribution < 1.29 is 4.79 Å². The summed E-state index contributed by atoms with van der Waals surface area (Å²) in [6.07, 6.45) is 4.21. The Bertz CT molecular complexity index is 432. The zero-order chi connectivity index (χ0) is 15.0. The predicted octanol–water partition coefficient (Wildman–Crippen LogP) is 2.33. The van der Waals surface area contributed by atoms with Crippen molar-refractivity contribution in [3.05, 3.63) is 17.8 Å². The molecule has 1 rings (SSSR count). The van der Waals surface area contributed by atoms with Crippen molar-refractivity contribution in [2.75, 3.05) is 24.1 Å². The van der Waals surface area contributed by atoms with Gasteiger partial charge in [-0.15, -0.1) is 0 Å². The highest BCUT2D eigenvalue weighted by Crippen LogP contribution is 2.13. The molecule has 0 fully saturated rings. The summed E-state index contributed by atoms with van der Waals surface area (Å²) < 4.78 is 0. The van der Waals surface area contributed by atoms with Gasteiger partial charge in [-0.3, -0.25) is 4.79 Å². The Kier molecular flexibility index (Phi) is 6.84. The van der Waals surface area contributed by atoms with Crippen molar-refractivity contribution in [3.8, 4) is 0 Å². The highest BCUT2D eigenvalue weighted by Gasteiger charge is 2.03. The molecule has 0 aromatic carbocycles. The molecule has 1 amide bonds. The van der Waals surface area contributed by atoms with Crippen LogP contribution in [0, 0.1) is 12.8 Å². The zero-order valence-electron chi connectivity index (χ0n) is 12.7. The minimum absolute atomic E-state index is 0.143. The molecular formula is C15H26N4O. The number of nitrogens with zero attached hydrogens (tertiary/aromatic N) is 1. The average Bonchev–Trinajstić information content (AvgIpc) is 2.34. The molecule has 0 bridgehead atoms. The van der Waals surface area contributed by atoms with E-state index in [0.717, 1.165) is 37.3 Å². The monoisotopic (exact) mass is 278 g/mol. The maximum atomic E-state index is 11.4. The van der Waals surface area contributed by atoms with Gasteiger partial charge in [-0.2, -0.15) is 0 Å². The van der Waals surface area contributed by atoms with Crippen LogP contribution in [0.25, 0.3) is 0 Å². The Hall–Kier alpha value is -1.78. The molecule has 20 heavy (non-hydrogen) atoms. The molecule has 0 saturated carbocycles. The van der Waals surface area contributed by atoms with Gasteiger partial charge in [0.15, 0.2) is 0 Å². The van der Waals surface area contributed by atoms with Crippen molar-refractivity contribution in [2.24, 2.45) is 5.92 Å². The first kappa shape index (κ1) is 16.3. The Morgan fingerprint density at radius 2 is 2.05 bits per heavy atom. The van der Waals surface area contributed by atoms with Crippen LogP contribution in [0.2, 0.25) is 0 Å². The third-order valence-corrected chi connectivity index (χ3v) is 2.91.